The van der Waals surface area contributed by atoms with Crippen LogP contribution in [0.2, 0.25) is 0 Å². The molecule has 14 aromatic rings. The third-order valence-corrected chi connectivity index (χ3v) is 13.1. The van der Waals surface area contributed by atoms with Gasteiger partial charge in [0.15, 0.2) is 11.4 Å². The van der Waals surface area contributed by atoms with Crippen LogP contribution in [-0.2, 0) is 0 Å². The molecule has 5 nitrogen and oxygen atoms in total. The molecule has 0 saturated carbocycles. The van der Waals surface area contributed by atoms with E-state index < -0.39 is 0 Å². The first-order valence-electron chi connectivity index (χ1n) is 21.4. The van der Waals surface area contributed by atoms with Crippen LogP contribution in [0.3, 0.4) is 0 Å². The van der Waals surface area contributed by atoms with E-state index in [-0.39, 0.29) is 0 Å². The number of furan rings is 1. The van der Waals surface area contributed by atoms with Crippen LogP contribution in [0.15, 0.2) is 211 Å². The summed E-state index contributed by atoms with van der Waals surface area (Å²) in [7, 11) is 0. The third-order valence-electron chi connectivity index (χ3n) is 13.1. The molecule has 4 heterocycles. The Hall–Kier alpha value is -8.54. The number of aromatic nitrogens is 4. The van der Waals surface area contributed by atoms with Crippen molar-refractivity contribution in [1.29, 1.82) is 0 Å². The monoisotopic (exact) mass is 802 g/mol. The fourth-order valence-corrected chi connectivity index (χ4v) is 10.5. The van der Waals surface area contributed by atoms with Crippen molar-refractivity contribution in [1.82, 2.24) is 19.1 Å². The minimum atomic E-state index is 0.701. The molecular formula is C58H34N4O. The number of hydrogen-bond donors (Lipinski definition) is 0. The molecule has 0 amide bonds. The highest BCUT2D eigenvalue weighted by atomic mass is 16.3. The molecule has 0 radical (unpaired) electrons. The minimum absolute atomic E-state index is 0.701. The van der Waals surface area contributed by atoms with Gasteiger partial charge in [0.1, 0.15) is 5.58 Å². The first-order valence-corrected chi connectivity index (χ1v) is 21.4. The lowest BCUT2D eigenvalue weighted by molar-refractivity contribution is 0.667. The molecule has 0 aliphatic carbocycles. The zero-order valence-corrected chi connectivity index (χ0v) is 33.8. The van der Waals surface area contributed by atoms with E-state index in [0.29, 0.717) is 5.82 Å². The topological polar surface area (TPSA) is 48.8 Å². The van der Waals surface area contributed by atoms with Crippen LogP contribution in [-0.4, -0.2) is 19.1 Å². The Kier molecular flexibility index (Phi) is 7.05. The smallest absolute Gasteiger partial charge is 0.159 e. The molecule has 5 heteroatoms. The SMILES string of the molecule is c1ccc(-c2cccc3c2oc2c(-n4c5ccccc5c5c6c7ccccc7n(-c7cccc(-c8ncc9c%10ccccc%10c%10ccccc%10c9n8)c7)c6ccc54)cccc23)cc1. The molecule has 0 aliphatic heterocycles. The summed E-state index contributed by atoms with van der Waals surface area (Å²) >= 11 is 0. The molecule has 63 heavy (non-hydrogen) atoms. The van der Waals surface area contributed by atoms with Crippen LogP contribution in [0.4, 0.5) is 0 Å². The average molecular weight is 803 g/mol. The van der Waals surface area contributed by atoms with Crippen LogP contribution in [0, 0.1) is 0 Å². The van der Waals surface area contributed by atoms with Crippen LogP contribution < -0.4 is 0 Å². The second-order valence-corrected chi connectivity index (χ2v) is 16.5. The van der Waals surface area contributed by atoms with Crippen LogP contribution in [0.1, 0.15) is 0 Å². The Morgan fingerprint density at radius 3 is 1.65 bits per heavy atom. The summed E-state index contributed by atoms with van der Waals surface area (Å²) in [5, 5.41) is 12.8. The molecule has 292 valence electrons. The predicted molar refractivity (Wildman–Crippen MR) is 261 cm³/mol. The molecule has 0 saturated heterocycles. The summed E-state index contributed by atoms with van der Waals surface area (Å²) in [6.07, 6.45) is 2.00. The summed E-state index contributed by atoms with van der Waals surface area (Å²) in [6, 6.07) is 71.4. The van der Waals surface area contributed by atoms with E-state index in [1.54, 1.807) is 0 Å². The Labute approximate surface area is 360 Å². The number of benzene rings is 10. The quantitative estimate of drug-likeness (QED) is 0.167. The third kappa shape index (κ3) is 4.82. The predicted octanol–water partition coefficient (Wildman–Crippen LogP) is 15.4. The van der Waals surface area contributed by atoms with Gasteiger partial charge in [-0.2, -0.15) is 0 Å². The summed E-state index contributed by atoms with van der Waals surface area (Å²) in [5.74, 6) is 0.701. The highest BCUT2D eigenvalue weighted by Crippen LogP contribution is 2.45. The largest absolute Gasteiger partial charge is 0.453 e. The lowest BCUT2D eigenvalue weighted by Gasteiger charge is -2.12. The highest BCUT2D eigenvalue weighted by Gasteiger charge is 2.23. The van der Waals surface area contributed by atoms with Crippen molar-refractivity contribution in [3.63, 3.8) is 0 Å². The Morgan fingerprint density at radius 2 is 0.905 bits per heavy atom. The van der Waals surface area contributed by atoms with Crippen molar-refractivity contribution < 1.29 is 4.42 Å². The summed E-state index contributed by atoms with van der Waals surface area (Å²) in [4.78, 5) is 10.3. The maximum atomic E-state index is 6.99. The Bertz CT molecular complexity index is 4180. The van der Waals surface area contributed by atoms with Gasteiger partial charge < -0.3 is 13.6 Å². The molecule has 14 rings (SSSR count). The van der Waals surface area contributed by atoms with E-state index in [1.807, 2.05) is 6.20 Å². The normalized spacial score (nSPS) is 12.1. The van der Waals surface area contributed by atoms with Gasteiger partial charge in [-0.3, -0.25) is 0 Å². The minimum Gasteiger partial charge on any atom is -0.453 e. The van der Waals surface area contributed by atoms with E-state index in [0.717, 1.165) is 93.7 Å². The van der Waals surface area contributed by atoms with Crippen molar-refractivity contribution >= 4 is 98.0 Å². The molecule has 0 bridgehead atoms. The number of nitrogens with zero attached hydrogens (tertiary/aromatic N) is 4. The van der Waals surface area contributed by atoms with Crippen LogP contribution in [0.25, 0.3) is 132 Å². The van der Waals surface area contributed by atoms with Crippen molar-refractivity contribution in [2.45, 2.75) is 0 Å². The van der Waals surface area contributed by atoms with E-state index in [2.05, 4.69) is 209 Å². The second kappa shape index (κ2) is 13.0. The molecule has 0 aliphatic rings. The van der Waals surface area contributed by atoms with Gasteiger partial charge in [0.25, 0.3) is 0 Å². The van der Waals surface area contributed by atoms with Gasteiger partial charge in [0, 0.05) is 66.1 Å². The average Bonchev–Trinajstić information content (AvgIpc) is 4.02. The molecule has 0 atom stereocenters. The Morgan fingerprint density at radius 1 is 0.365 bits per heavy atom. The van der Waals surface area contributed by atoms with Crippen LogP contribution >= 0.6 is 0 Å². The first kappa shape index (κ1) is 34.2. The summed E-state index contributed by atoms with van der Waals surface area (Å²) in [6.45, 7) is 0. The fourth-order valence-electron chi connectivity index (χ4n) is 10.5. The van der Waals surface area contributed by atoms with E-state index in [1.165, 1.54) is 32.3 Å². The van der Waals surface area contributed by atoms with Crippen molar-refractivity contribution in [2.75, 3.05) is 0 Å². The van der Waals surface area contributed by atoms with Gasteiger partial charge in [-0.1, -0.05) is 158 Å². The second-order valence-electron chi connectivity index (χ2n) is 16.5. The molecule has 10 aromatic carbocycles. The molecule has 0 fully saturated rings. The van der Waals surface area contributed by atoms with E-state index >= 15 is 0 Å². The standard InChI is InChI=1S/C58H34N4O/c1-2-15-35(16-3-1)38-25-13-26-43-44-27-14-30-52(57(44)63-56(38)43)62-49-29-11-9-24-46(49)54-51(62)32-31-50-53(54)45-23-8-10-28-48(45)61(50)37-18-12-17-36(33-37)58-59-34-47-41-21-5-4-19-39(41)40-20-6-7-22-42(40)55(47)60-58/h1-34H. The van der Waals surface area contributed by atoms with Gasteiger partial charge >= 0.3 is 0 Å². The van der Waals surface area contributed by atoms with Crippen molar-refractivity contribution in [2.24, 2.45) is 0 Å². The molecule has 4 aromatic heterocycles. The van der Waals surface area contributed by atoms with Crippen molar-refractivity contribution in [3.05, 3.63) is 206 Å². The van der Waals surface area contributed by atoms with Gasteiger partial charge in [0.2, 0.25) is 0 Å². The zero-order valence-electron chi connectivity index (χ0n) is 33.8. The maximum Gasteiger partial charge on any atom is 0.159 e. The van der Waals surface area contributed by atoms with Crippen molar-refractivity contribution in [3.8, 4) is 33.9 Å². The van der Waals surface area contributed by atoms with Crippen LogP contribution in [0.5, 0.6) is 0 Å². The molecule has 0 spiro atoms. The Balaban J connectivity index is 0.992. The summed E-state index contributed by atoms with van der Waals surface area (Å²) < 4.78 is 11.8. The van der Waals surface area contributed by atoms with E-state index in [9.17, 15) is 0 Å². The number of rotatable bonds is 4. The maximum absolute atomic E-state index is 6.99. The molecule has 0 unspecified atom stereocenters. The lowest BCUT2D eigenvalue weighted by atomic mass is 9.98. The van der Waals surface area contributed by atoms with Gasteiger partial charge in [-0.25, -0.2) is 9.97 Å². The summed E-state index contributed by atoms with van der Waals surface area (Å²) in [5.41, 5.74) is 12.5. The van der Waals surface area contributed by atoms with Gasteiger partial charge in [0.05, 0.1) is 33.3 Å². The number of fused-ring (bicyclic) bond motifs is 16. The van der Waals surface area contributed by atoms with E-state index in [4.69, 9.17) is 14.4 Å². The van der Waals surface area contributed by atoms with Gasteiger partial charge in [-0.15, -0.1) is 0 Å². The first-order chi connectivity index (χ1) is 31.3. The number of hydrogen-bond acceptors (Lipinski definition) is 3. The fraction of sp³-hybridized carbons (Fsp3) is 0. The zero-order chi connectivity index (χ0) is 41.2. The van der Waals surface area contributed by atoms with Gasteiger partial charge in [-0.05, 0) is 64.2 Å². The number of para-hydroxylation sites is 4. The molecular weight excluding hydrogens is 769 g/mol. The highest BCUT2D eigenvalue weighted by molar-refractivity contribution is 6.29. The lowest BCUT2D eigenvalue weighted by Crippen LogP contribution is -1.97. The molecule has 0 N–H and O–H groups in total.